The van der Waals surface area contributed by atoms with Gasteiger partial charge in [0.05, 0.1) is 11.9 Å². The number of imidazole rings is 1. The molecule has 0 amide bonds. The second-order valence-electron chi connectivity index (χ2n) is 4.78. The fraction of sp³-hybridized carbons (Fsp3) is 0.357. The van der Waals surface area contributed by atoms with Gasteiger partial charge in [-0.3, -0.25) is 0 Å². The van der Waals surface area contributed by atoms with E-state index >= 15 is 0 Å². The van der Waals surface area contributed by atoms with Gasteiger partial charge in [0, 0.05) is 17.5 Å². The third kappa shape index (κ3) is 2.74. The number of nitrogens with zero attached hydrogens (tertiary/aromatic N) is 1. The van der Waals surface area contributed by atoms with Crippen molar-refractivity contribution < 1.29 is 0 Å². The number of hydrogen-bond acceptors (Lipinski definition) is 2. The lowest BCUT2D eigenvalue weighted by molar-refractivity contribution is 0.487. The summed E-state index contributed by atoms with van der Waals surface area (Å²) in [4.78, 5) is 7.79. The Hall–Kier alpha value is -1.32. The molecule has 3 nitrogen and oxygen atoms in total. The first-order chi connectivity index (χ1) is 8.61. The molecule has 1 aromatic carbocycles. The van der Waals surface area contributed by atoms with Gasteiger partial charge in [-0.1, -0.05) is 37.6 Å². The van der Waals surface area contributed by atoms with Crippen LogP contribution in [-0.2, 0) is 0 Å². The van der Waals surface area contributed by atoms with Crippen LogP contribution in [0.4, 0.5) is 0 Å². The molecule has 0 saturated heterocycles. The number of H-pyrrole nitrogens is 1. The first-order valence-electron chi connectivity index (χ1n) is 6.12. The highest BCUT2D eigenvalue weighted by Gasteiger charge is 2.17. The van der Waals surface area contributed by atoms with Crippen LogP contribution in [0.1, 0.15) is 25.6 Å². The van der Waals surface area contributed by atoms with E-state index in [4.69, 9.17) is 17.3 Å². The zero-order valence-electron chi connectivity index (χ0n) is 10.7. The van der Waals surface area contributed by atoms with E-state index < -0.39 is 0 Å². The lowest BCUT2D eigenvalue weighted by atomic mass is 9.95. The second kappa shape index (κ2) is 5.55. The molecule has 96 valence electrons. The zero-order valence-corrected chi connectivity index (χ0v) is 11.4. The van der Waals surface area contributed by atoms with E-state index in [-0.39, 0.29) is 5.92 Å². The SMILES string of the molecule is CC(C)C(CN)c1ncc(-c2ccc(Cl)cc2)[nH]1. The Morgan fingerprint density at radius 1 is 1.28 bits per heavy atom. The number of aromatic nitrogens is 2. The van der Waals surface area contributed by atoms with Crippen molar-refractivity contribution in [2.75, 3.05) is 6.54 Å². The molecule has 0 spiro atoms. The molecule has 2 aromatic rings. The third-order valence-corrected chi connectivity index (χ3v) is 3.41. The monoisotopic (exact) mass is 263 g/mol. The molecular formula is C14H18ClN3. The molecule has 0 fully saturated rings. The van der Waals surface area contributed by atoms with E-state index in [0.29, 0.717) is 12.5 Å². The second-order valence-corrected chi connectivity index (χ2v) is 5.21. The zero-order chi connectivity index (χ0) is 13.1. The van der Waals surface area contributed by atoms with Crippen LogP contribution in [0.5, 0.6) is 0 Å². The van der Waals surface area contributed by atoms with Crippen molar-refractivity contribution in [3.8, 4) is 11.3 Å². The summed E-state index contributed by atoms with van der Waals surface area (Å²) >= 11 is 5.88. The van der Waals surface area contributed by atoms with Gasteiger partial charge >= 0.3 is 0 Å². The lowest BCUT2D eigenvalue weighted by Crippen LogP contribution is -2.19. The van der Waals surface area contributed by atoms with E-state index in [1.54, 1.807) is 0 Å². The minimum absolute atomic E-state index is 0.269. The summed E-state index contributed by atoms with van der Waals surface area (Å²) < 4.78 is 0. The number of halogens is 1. The maximum atomic E-state index is 5.88. The molecule has 0 aliphatic carbocycles. The van der Waals surface area contributed by atoms with Crippen molar-refractivity contribution in [1.29, 1.82) is 0 Å². The normalized spacial score (nSPS) is 12.9. The van der Waals surface area contributed by atoms with Gasteiger partial charge in [-0.25, -0.2) is 4.98 Å². The van der Waals surface area contributed by atoms with Crippen molar-refractivity contribution >= 4 is 11.6 Å². The standard InChI is InChI=1S/C14H18ClN3/c1-9(2)12(7-16)14-17-8-13(18-14)10-3-5-11(15)6-4-10/h3-6,8-9,12H,7,16H2,1-2H3,(H,17,18). The number of benzene rings is 1. The molecule has 1 unspecified atom stereocenters. The van der Waals surface area contributed by atoms with Gasteiger partial charge in [-0.2, -0.15) is 0 Å². The van der Waals surface area contributed by atoms with Gasteiger partial charge in [0.1, 0.15) is 5.82 Å². The smallest absolute Gasteiger partial charge is 0.111 e. The van der Waals surface area contributed by atoms with Gasteiger partial charge in [-0.15, -0.1) is 0 Å². The summed E-state index contributed by atoms with van der Waals surface area (Å²) in [6.07, 6.45) is 1.85. The summed E-state index contributed by atoms with van der Waals surface area (Å²) in [5, 5.41) is 0.737. The summed E-state index contributed by atoms with van der Waals surface area (Å²) in [5.41, 5.74) is 7.88. The molecule has 18 heavy (non-hydrogen) atoms. The topological polar surface area (TPSA) is 54.7 Å². The summed E-state index contributed by atoms with van der Waals surface area (Å²) in [6, 6.07) is 7.71. The van der Waals surface area contributed by atoms with Crippen LogP contribution in [0.3, 0.4) is 0 Å². The fourth-order valence-corrected chi connectivity index (χ4v) is 2.13. The molecule has 1 heterocycles. The Morgan fingerprint density at radius 3 is 2.50 bits per heavy atom. The predicted molar refractivity (Wildman–Crippen MR) is 75.7 cm³/mol. The van der Waals surface area contributed by atoms with Crippen molar-refractivity contribution in [3.05, 3.63) is 41.3 Å². The molecule has 0 bridgehead atoms. The third-order valence-electron chi connectivity index (χ3n) is 3.16. The minimum Gasteiger partial charge on any atom is -0.342 e. The molecule has 2 rings (SSSR count). The van der Waals surface area contributed by atoms with Crippen molar-refractivity contribution in [3.63, 3.8) is 0 Å². The quantitative estimate of drug-likeness (QED) is 0.888. The Balaban J connectivity index is 2.27. The van der Waals surface area contributed by atoms with Crippen LogP contribution in [0.15, 0.2) is 30.5 Å². The van der Waals surface area contributed by atoms with Gasteiger partial charge in [-0.05, 0) is 23.6 Å². The number of hydrogen-bond donors (Lipinski definition) is 2. The van der Waals surface area contributed by atoms with Crippen molar-refractivity contribution in [1.82, 2.24) is 9.97 Å². The molecule has 1 aromatic heterocycles. The van der Waals surface area contributed by atoms with Crippen molar-refractivity contribution in [2.45, 2.75) is 19.8 Å². The van der Waals surface area contributed by atoms with Gasteiger partial charge in [0.15, 0.2) is 0 Å². The highest BCUT2D eigenvalue weighted by molar-refractivity contribution is 6.30. The Morgan fingerprint density at radius 2 is 1.94 bits per heavy atom. The molecular weight excluding hydrogens is 246 g/mol. The molecule has 4 heteroatoms. The van der Waals surface area contributed by atoms with Crippen molar-refractivity contribution in [2.24, 2.45) is 11.7 Å². The first-order valence-corrected chi connectivity index (χ1v) is 6.50. The highest BCUT2D eigenvalue weighted by atomic mass is 35.5. The lowest BCUT2D eigenvalue weighted by Gasteiger charge is -2.15. The van der Waals surface area contributed by atoms with E-state index in [1.807, 2.05) is 30.5 Å². The maximum Gasteiger partial charge on any atom is 0.111 e. The number of rotatable bonds is 4. The first kappa shape index (κ1) is 13.1. The predicted octanol–water partition coefficient (Wildman–Crippen LogP) is 3.43. The van der Waals surface area contributed by atoms with Gasteiger partial charge < -0.3 is 10.7 Å². The molecule has 0 saturated carbocycles. The Kier molecular flexibility index (Phi) is 4.04. The van der Waals surface area contributed by atoms with Crippen LogP contribution in [0.2, 0.25) is 5.02 Å². The van der Waals surface area contributed by atoms with E-state index in [2.05, 4.69) is 23.8 Å². The number of nitrogens with one attached hydrogen (secondary N) is 1. The van der Waals surface area contributed by atoms with E-state index in [0.717, 1.165) is 22.1 Å². The number of nitrogens with two attached hydrogens (primary N) is 1. The molecule has 0 aliphatic heterocycles. The van der Waals surface area contributed by atoms with E-state index in [1.165, 1.54) is 0 Å². The van der Waals surface area contributed by atoms with Crippen LogP contribution in [-0.4, -0.2) is 16.5 Å². The minimum atomic E-state index is 0.269. The van der Waals surface area contributed by atoms with Crippen LogP contribution >= 0.6 is 11.6 Å². The summed E-state index contributed by atoms with van der Waals surface area (Å²) in [5.74, 6) is 1.70. The van der Waals surface area contributed by atoms with Gasteiger partial charge in [0.2, 0.25) is 0 Å². The van der Waals surface area contributed by atoms with Gasteiger partial charge in [0.25, 0.3) is 0 Å². The summed E-state index contributed by atoms with van der Waals surface area (Å²) in [7, 11) is 0. The van der Waals surface area contributed by atoms with Crippen LogP contribution in [0, 0.1) is 5.92 Å². The molecule has 0 aliphatic rings. The maximum absolute atomic E-state index is 5.88. The fourth-order valence-electron chi connectivity index (χ4n) is 2.00. The van der Waals surface area contributed by atoms with E-state index in [9.17, 15) is 0 Å². The number of aromatic amines is 1. The highest BCUT2D eigenvalue weighted by Crippen LogP contribution is 2.25. The van der Waals surface area contributed by atoms with Crippen LogP contribution in [0.25, 0.3) is 11.3 Å². The Bertz CT molecular complexity index is 502. The Labute approximate surface area is 112 Å². The molecule has 1 atom stereocenters. The van der Waals surface area contributed by atoms with Crippen LogP contribution < -0.4 is 5.73 Å². The average molecular weight is 264 g/mol. The molecule has 3 N–H and O–H groups in total. The molecule has 0 radical (unpaired) electrons. The summed E-state index contributed by atoms with van der Waals surface area (Å²) in [6.45, 7) is 4.91. The average Bonchev–Trinajstić information content (AvgIpc) is 2.80. The largest absolute Gasteiger partial charge is 0.342 e.